The van der Waals surface area contributed by atoms with Crippen molar-refractivity contribution < 1.29 is 24.2 Å². The van der Waals surface area contributed by atoms with E-state index in [1.165, 1.54) is 16.7 Å². The highest BCUT2D eigenvalue weighted by molar-refractivity contribution is 8.04. The molecule has 6 nitrogen and oxygen atoms in total. The summed E-state index contributed by atoms with van der Waals surface area (Å²) in [5.74, 6) is 1.03. The van der Waals surface area contributed by atoms with E-state index in [4.69, 9.17) is 9.47 Å². The number of hydrogen-bond donors (Lipinski definition) is 1. The Balaban J connectivity index is 1.91. The van der Waals surface area contributed by atoms with Gasteiger partial charge < -0.3 is 14.6 Å². The fourth-order valence-electron chi connectivity index (χ4n) is 2.90. The number of methoxy groups -OCH3 is 2. The molecule has 0 fully saturated rings. The van der Waals surface area contributed by atoms with Gasteiger partial charge in [0.1, 0.15) is 11.5 Å². The largest absolute Gasteiger partial charge is 0.497 e. The Bertz CT molecular complexity index is 890. The Morgan fingerprint density at radius 3 is 2.00 bits per heavy atom. The van der Waals surface area contributed by atoms with Gasteiger partial charge in [-0.3, -0.25) is 14.5 Å². The van der Waals surface area contributed by atoms with Crippen LogP contribution in [0.25, 0.3) is 5.57 Å². The smallest absolute Gasteiger partial charge is 0.268 e. The number of rotatable bonds is 8. The van der Waals surface area contributed by atoms with Gasteiger partial charge in [-0.15, -0.1) is 11.8 Å². The molecule has 1 aliphatic heterocycles. The van der Waals surface area contributed by atoms with Crippen LogP contribution in [-0.4, -0.2) is 48.4 Å². The van der Waals surface area contributed by atoms with E-state index in [1.807, 2.05) is 12.1 Å². The Kier molecular flexibility index (Phi) is 6.38. The summed E-state index contributed by atoms with van der Waals surface area (Å²) in [7, 11) is 3.15. The monoisotopic (exact) mass is 399 g/mol. The first-order valence-electron chi connectivity index (χ1n) is 8.70. The van der Waals surface area contributed by atoms with Gasteiger partial charge in [0.2, 0.25) is 0 Å². The predicted molar refractivity (Wildman–Crippen MR) is 108 cm³/mol. The molecule has 0 radical (unpaired) electrons. The minimum atomic E-state index is -0.343. The van der Waals surface area contributed by atoms with E-state index in [2.05, 4.69) is 0 Å². The fourth-order valence-corrected chi connectivity index (χ4v) is 3.78. The van der Waals surface area contributed by atoms with Gasteiger partial charge in [-0.2, -0.15) is 0 Å². The van der Waals surface area contributed by atoms with Crippen molar-refractivity contribution in [1.82, 2.24) is 4.90 Å². The quantitative estimate of drug-likeness (QED) is 0.688. The molecule has 1 aliphatic rings. The molecule has 2 aromatic carbocycles. The first kappa shape index (κ1) is 20.0. The van der Waals surface area contributed by atoms with Crippen LogP contribution in [0.5, 0.6) is 11.5 Å². The summed E-state index contributed by atoms with van der Waals surface area (Å²) in [4.78, 5) is 27.6. The highest BCUT2D eigenvalue weighted by Gasteiger charge is 2.39. The number of amides is 2. The molecule has 1 N–H and O–H groups in total. The number of carbonyl (C=O) groups is 2. The number of nitrogens with zero attached hydrogens (tertiary/aromatic N) is 1. The predicted octanol–water partition coefficient (Wildman–Crippen LogP) is 2.71. The Labute approximate surface area is 167 Å². The van der Waals surface area contributed by atoms with Crippen LogP contribution in [0.2, 0.25) is 0 Å². The molecular formula is C21H21NO5S. The zero-order chi connectivity index (χ0) is 20.1. The molecule has 28 heavy (non-hydrogen) atoms. The van der Waals surface area contributed by atoms with Crippen molar-refractivity contribution in [3.63, 3.8) is 0 Å². The highest BCUT2D eigenvalue weighted by Crippen LogP contribution is 2.37. The van der Waals surface area contributed by atoms with Crippen LogP contribution in [0, 0.1) is 0 Å². The van der Waals surface area contributed by atoms with Crippen molar-refractivity contribution in [1.29, 1.82) is 0 Å². The molecular weight excluding hydrogens is 378 g/mol. The Hall–Kier alpha value is -2.77. The summed E-state index contributed by atoms with van der Waals surface area (Å²) in [6, 6.07) is 14.3. The maximum Gasteiger partial charge on any atom is 0.268 e. The van der Waals surface area contributed by atoms with Gasteiger partial charge in [0.25, 0.3) is 11.8 Å². The number of hydrogen-bond acceptors (Lipinski definition) is 6. The van der Waals surface area contributed by atoms with Crippen molar-refractivity contribution in [3.8, 4) is 11.5 Å². The van der Waals surface area contributed by atoms with Crippen LogP contribution >= 0.6 is 11.8 Å². The Morgan fingerprint density at radius 1 is 0.893 bits per heavy atom. The molecule has 7 heteroatoms. The third-order valence-electron chi connectivity index (χ3n) is 4.34. The summed E-state index contributed by atoms with van der Waals surface area (Å²) >= 11 is 1.20. The molecule has 3 rings (SSSR count). The number of aliphatic hydroxyl groups excluding tert-OH is 1. The number of carbonyl (C=O) groups excluding carboxylic acids is 2. The van der Waals surface area contributed by atoms with E-state index in [-0.39, 0.29) is 25.0 Å². The summed E-state index contributed by atoms with van der Waals surface area (Å²) in [6.07, 6.45) is 0. The molecule has 0 bridgehead atoms. The lowest BCUT2D eigenvalue weighted by Gasteiger charge is -2.15. The first-order chi connectivity index (χ1) is 13.6. The number of aliphatic hydroxyl groups is 1. The molecule has 0 saturated heterocycles. The second-order valence-electron chi connectivity index (χ2n) is 6.05. The van der Waals surface area contributed by atoms with Gasteiger partial charge in [-0.05, 0) is 35.4 Å². The lowest BCUT2D eigenvalue weighted by molar-refractivity contribution is -0.137. The van der Waals surface area contributed by atoms with Gasteiger partial charge in [-0.1, -0.05) is 24.3 Å². The van der Waals surface area contributed by atoms with Crippen LogP contribution < -0.4 is 9.47 Å². The number of thioether (sulfide) groups is 1. The summed E-state index contributed by atoms with van der Waals surface area (Å²) in [5, 5.41) is 9.17. The molecule has 0 unspecified atom stereocenters. The van der Waals surface area contributed by atoms with Gasteiger partial charge in [0.05, 0.1) is 37.8 Å². The maximum atomic E-state index is 13.1. The molecule has 0 aliphatic carbocycles. The molecule has 0 atom stereocenters. The average molecular weight is 399 g/mol. The highest BCUT2D eigenvalue weighted by atomic mass is 32.2. The number of imide groups is 1. The van der Waals surface area contributed by atoms with Crippen LogP contribution in [0.4, 0.5) is 0 Å². The average Bonchev–Trinajstić information content (AvgIpc) is 2.97. The maximum absolute atomic E-state index is 13.1. The number of ether oxygens (including phenoxy) is 2. The van der Waals surface area contributed by atoms with E-state index in [0.717, 1.165) is 5.56 Å². The molecule has 1 heterocycles. The molecule has 0 spiro atoms. The zero-order valence-electron chi connectivity index (χ0n) is 15.7. The van der Waals surface area contributed by atoms with Crippen LogP contribution in [0.3, 0.4) is 0 Å². The molecule has 0 saturated carbocycles. The van der Waals surface area contributed by atoms with Gasteiger partial charge in [0.15, 0.2) is 0 Å². The topological polar surface area (TPSA) is 76.1 Å². The minimum absolute atomic E-state index is 0.0794. The van der Waals surface area contributed by atoms with Gasteiger partial charge >= 0.3 is 0 Å². The van der Waals surface area contributed by atoms with Crippen molar-refractivity contribution in [2.24, 2.45) is 0 Å². The lowest BCUT2D eigenvalue weighted by Crippen LogP contribution is -2.30. The summed E-state index contributed by atoms with van der Waals surface area (Å²) in [5.41, 5.74) is 1.83. The van der Waals surface area contributed by atoms with Crippen molar-refractivity contribution in [2.75, 3.05) is 26.6 Å². The fraction of sp³-hybridized carbons (Fsp3) is 0.238. The molecule has 2 aromatic rings. The van der Waals surface area contributed by atoms with Crippen LogP contribution in [-0.2, 0) is 16.1 Å². The van der Waals surface area contributed by atoms with E-state index < -0.39 is 0 Å². The van der Waals surface area contributed by atoms with Crippen molar-refractivity contribution in [3.05, 3.63) is 64.6 Å². The van der Waals surface area contributed by atoms with Crippen LogP contribution in [0.1, 0.15) is 11.1 Å². The minimum Gasteiger partial charge on any atom is -0.497 e. The second-order valence-corrected chi connectivity index (χ2v) is 7.15. The van der Waals surface area contributed by atoms with E-state index in [9.17, 15) is 14.7 Å². The van der Waals surface area contributed by atoms with Crippen molar-refractivity contribution >= 4 is 29.1 Å². The first-order valence-corrected chi connectivity index (χ1v) is 9.69. The SMILES string of the molecule is COc1ccc(CN2C(=O)C(SCCO)=C(c3ccc(OC)cc3)C2=O)cc1. The Morgan fingerprint density at radius 2 is 1.46 bits per heavy atom. The molecule has 0 aromatic heterocycles. The molecule has 2 amide bonds. The second kappa shape index (κ2) is 8.95. The third-order valence-corrected chi connectivity index (χ3v) is 5.40. The van der Waals surface area contributed by atoms with Crippen LogP contribution in [0.15, 0.2) is 53.4 Å². The van der Waals surface area contributed by atoms with E-state index in [0.29, 0.717) is 33.3 Å². The van der Waals surface area contributed by atoms with E-state index >= 15 is 0 Å². The zero-order valence-corrected chi connectivity index (χ0v) is 16.5. The third kappa shape index (κ3) is 4.05. The normalized spacial score (nSPS) is 14.0. The lowest BCUT2D eigenvalue weighted by atomic mass is 10.1. The number of benzene rings is 2. The standard InChI is InChI=1S/C21H21NO5S/c1-26-16-7-3-14(4-8-16)13-22-20(24)18(19(21(22)25)28-12-11-23)15-5-9-17(27-2)10-6-15/h3-10,23H,11-13H2,1-2H3. The van der Waals surface area contributed by atoms with Crippen molar-refractivity contribution in [2.45, 2.75) is 6.54 Å². The van der Waals surface area contributed by atoms with E-state index in [1.54, 1.807) is 50.6 Å². The summed E-state index contributed by atoms with van der Waals surface area (Å²) < 4.78 is 10.3. The van der Waals surface area contributed by atoms with Gasteiger partial charge in [-0.25, -0.2) is 0 Å². The molecule has 146 valence electrons. The van der Waals surface area contributed by atoms with Gasteiger partial charge in [0, 0.05) is 5.75 Å². The summed E-state index contributed by atoms with van der Waals surface area (Å²) in [6.45, 7) is 0.0918.